The molecule has 3 rings (SSSR count). The van der Waals surface area contributed by atoms with Crippen LogP contribution >= 0.6 is 0 Å². The van der Waals surface area contributed by atoms with Crippen LogP contribution < -0.4 is 16.0 Å². The average molecular weight is 342 g/mol. The van der Waals surface area contributed by atoms with Gasteiger partial charge in [-0.25, -0.2) is 0 Å². The van der Waals surface area contributed by atoms with E-state index >= 15 is 0 Å². The van der Waals surface area contributed by atoms with Gasteiger partial charge in [-0.2, -0.15) is 0 Å². The van der Waals surface area contributed by atoms with Gasteiger partial charge < -0.3 is 20.9 Å². The number of hydrogen-bond donors (Lipinski definition) is 4. The van der Waals surface area contributed by atoms with Crippen molar-refractivity contribution in [3.8, 4) is 0 Å². The Balaban J connectivity index is 1.63. The fraction of sp³-hybridized carbons (Fsp3) is 0.474. The molecule has 0 unspecified atom stereocenters. The Kier molecular flexibility index (Phi) is 4.33. The number of carbonyl (C=O) groups excluding carboxylic acids is 2. The van der Waals surface area contributed by atoms with Crippen LogP contribution in [-0.2, 0) is 9.59 Å². The van der Waals surface area contributed by atoms with Gasteiger partial charge >= 0.3 is 11.8 Å². The van der Waals surface area contributed by atoms with Crippen LogP contribution in [0.3, 0.4) is 0 Å². The number of aromatic amines is 1. The summed E-state index contributed by atoms with van der Waals surface area (Å²) in [5.74, 6) is -1.23. The molecule has 1 saturated heterocycles. The van der Waals surface area contributed by atoms with Crippen molar-refractivity contribution in [3.63, 3.8) is 0 Å². The Bertz CT molecular complexity index is 791. The largest absolute Gasteiger partial charge is 0.361 e. The zero-order valence-corrected chi connectivity index (χ0v) is 15.2. The number of benzene rings is 1. The molecule has 25 heavy (non-hydrogen) atoms. The second kappa shape index (κ2) is 6.19. The number of anilines is 1. The lowest BCUT2D eigenvalue weighted by Gasteiger charge is -2.46. The van der Waals surface area contributed by atoms with Gasteiger partial charge in [-0.15, -0.1) is 0 Å². The molecular weight excluding hydrogens is 316 g/mol. The molecule has 2 aromatic rings. The summed E-state index contributed by atoms with van der Waals surface area (Å²) in [5, 5.41) is 10.1. The third kappa shape index (κ3) is 4.20. The van der Waals surface area contributed by atoms with Gasteiger partial charge in [0.05, 0.1) is 0 Å². The van der Waals surface area contributed by atoms with Gasteiger partial charge in [0.15, 0.2) is 0 Å². The van der Waals surface area contributed by atoms with Crippen LogP contribution in [0.2, 0.25) is 0 Å². The summed E-state index contributed by atoms with van der Waals surface area (Å²) in [6.07, 6.45) is 3.40. The molecule has 1 fully saturated rings. The normalized spacial score (nSPS) is 19.5. The summed E-state index contributed by atoms with van der Waals surface area (Å²) in [6, 6.07) is 7.39. The van der Waals surface area contributed by atoms with Crippen molar-refractivity contribution in [1.82, 2.24) is 15.6 Å². The average Bonchev–Trinajstić information content (AvgIpc) is 2.91. The number of fused-ring (bicyclic) bond motifs is 1. The molecule has 134 valence electrons. The molecule has 0 bridgehead atoms. The first kappa shape index (κ1) is 17.5. The van der Waals surface area contributed by atoms with Crippen LogP contribution in [0.1, 0.15) is 40.5 Å². The third-order valence-electron chi connectivity index (χ3n) is 4.54. The summed E-state index contributed by atoms with van der Waals surface area (Å²) in [6.45, 7) is 8.44. The second-order valence-corrected chi connectivity index (χ2v) is 8.21. The van der Waals surface area contributed by atoms with E-state index in [1.807, 2.05) is 24.4 Å². The van der Waals surface area contributed by atoms with E-state index < -0.39 is 11.8 Å². The van der Waals surface area contributed by atoms with Gasteiger partial charge in [-0.1, -0.05) is 0 Å². The minimum atomic E-state index is -0.635. The topological polar surface area (TPSA) is 86.0 Å². The standard InChI is InChI=1S/C19H26N4O2/c1-18(2)10-14(11-19(3,4)23-18)22-17(25)16(24)21-13-5-6-15-12(9-13)7-8-20-15/h5-9,14,20,23H,10-11H2,1-4H3,(H,21,24)(H,22,25). The molecule has 1 aliphatic heterocycles. The van der Waals surface area contributed by atoms with Gasteiger partial charge in [0.2, 0.25) is 0 Å². The quantitative estimate of drug-likeness (QED) is 0.633. The maximum absolute atomic E-state index is 12.3. The van der Waals surface area contributed by atoms with Crippen molar-refractivity contribution < 1.29 is 9.59 Å². The summed E-state index contributed by atoms with van der Waals surface area (Å²) < 4.78 is 0. The first-order valence-electron chi connectivity index (χ1n) is 8.62. The zero-order chi connectivity index (χ0) is 18.2. The van der Waals surface area contributed by atoms with E-state index in [0.29, 0.717) is 5.69 Å². The number of carbonyl (C=O) groups is 2. The summed E-state index contributed by atoms with van der Waals surface area (Å²) in [7, 11) is 0. The highest BCUT2D eigenvalue weighted by molar-refractivity contribution is 6.39. The molecule has 4 N–H and O–H groups in total. The van der Waals surface area contributed by atoms with Crippen LogP contribution in [0.25, 0.3) is 10.9 Å². The molecule has 0 aliphatic carbocycles. The van der Waals surface area contributed by atoms with Crippen LogP contribution in [0.4, 0.5) is 5.69 Å². The van der Waals surface area contributed by atoms with Crippen molar-refractivity contribution in [1.29, 1.82) is 0 Å². The number of aromatic nitrogens is 1. The Labute approximate surface area is 147 Å². The Hall–Kier alpha value is -2.34. The van der Waals surface area contributed by atoms with E-state index in [4.69, 9.17) is 0 Å². The lowest BCUT2D eigenvalue weighted by atomic mass is 9.79. The fourth-order valence-corrected chi connectivity index (χ4v) is 3.99. The first-order valence-corrected chi connectivity index (χ1v) is 8.62. The Morgan fingerprint density at radius 3 is 2.40 bits per heavy atom. The van der Waals surface area contributed by atoms with Crippen molar-refractivity contribution >= 4 is 28.4 Å². The number of hydrogen-bond acceptors (Lipinski definition) is 3. The molecule has 2 heterocycles. The zero-order valence-electron chi connectivity index (χ0n) is 15.2. The molecule has 6 nitrogen and oxygen atoms in total. The van der Waals surface area contributed by atoms with Crippen LogP contribution in [-0.4, -0.2) is 33.9 Å². The number of amides is 2. The first-order chi connectivity index (χ1) is 11.6. The van der Waals surface area contributed by atoms with Crippen LogP contribution in [0.5, 0.6) is 0 Å². The SMILES string of the molecule is CC1(C)CC(NC(=O)C(=O)Nc2ccc3[nH]ccc3c2)CC(C)(C)N1. The van der Waals surface area contributed by atoms with E-state index in [1.54, 1.807) is 6.07 Å². The maximum atomic E-state index is 12.3. The van der Waals surface area contributed by atoms with E-state index in [1.165, 1.54) is 0 Å². The van der Waals surface area contributed by atoms with E-state index in [-0.39, 0.29) is 17.1 Å². The number of piperidine rings is 1. The van der Waals surface area contributed by atoms with Crippen molar-refractivity contribution in [2.45, 2.75) is 57.7 Å². The molecule has 1 aromatic heterocycles. The lowest BCUT2D eigenvalue weighted by Crippen LogP contribution is -2.62. The molecule has 0 atom stereocenters. The van der Waals surface area contributed by atoms with Gasteiger partial charge in [0.25, 0.3) is 0 Å². The van der Waals surface area contributed by atoms with Gasteiger partial charge in [-0.3, -0.25) is 9.59 Å². The minimum Gasteiger partial charge on any atom is -0.361 e. The predicted octanol–water partition coefficient (Wildman–Crippen LogP) is 2.53. The van der Waals surface area contributed by atoms with E-state index in [0.717, 1.165) is 23.7 Å². The predicted molar refractivity (Wildman–Crippen MR) is 99.4 cm³/mol. The molecular formula is C19H26N4O2. The monoisotopic (exact) mass is 342 g/mol. The molecule has 0 saturated carbocycles. The van der Waals surface area contributed by atoms with Gasteiger partial charge in [0, 0.05) is 39.9 Å². The lowest BCUT2D eigenvalue weighted by molar-refractivity contribution is -0.137. The highest BCUT2D eigenvalue weighted by Gasteiger charge is 2.38. The van der Waals surface area contributed by atoms with Crippen molar-refractivity contribution in [3.05, 3.63) is 30.5 Å². The van der Waals surface area contributed by atoms with Crippen molar-refractivity contribution in [2.75, 3.05) is 5.32 Å². The smallest absolute Gasteiger partial charge is 0.313 e. The highest BCUT2D eigenvalue weighted by Crippen LogP contribution is 2.28. The van der Waals surface area contributed by atoms with Gasteiger partial charge in [-0.05, 0) is 64.8 Å². The van der Waals surface area contributed by atoms with Crippen LogP contribution in [0.15, 0.2) is 30.5 Å². The van der Waals surface area contributed by atoms with Gasteiger partial charge in [0.1, 0.15) is 0 Å². The minimum absolute atomic E-state index is 0.0309. The molecule has 1 aliphatic rings. The summed E-state index contributed by atoms with van der Waals surface area (Å²) in [5.41, 5.74) is 1.42. The van der Waals surface area contributed by atoms with E-state index in [9.17, 15) is 9.59 Å². The molecule has 2 amide bonds. The Morgan fingerprint density at radius 1 is 1.04 bits per heavy atom. The second-order valence-electron chi connectivity index (χ2n) is 8.21. The molecule has 1 aromatic carbocycles. The fourth-order valence-electron chi connectivity index (χ4n) is 3.99. The summed E-state index contributed by atoms with van der Waals surface area (Å²) >= 11 is 0. The number of H-pyrrole nitrogens is 1. The number of nitrogens with one attached hydrogen (secondary N) is 4. The summed E-state index contributed by atoms with van der Waals surface area (Å²) in [4.78, 5) is 27.6. The Morgan fingerprint density at radius 2 is 1.72 bits per heavy atom. The maximum Gasteiger partial charge on any atom is 0.313 e. The number of rotatable bonds is 2. The molecule has 0 spiro atoms. The van der Waals surface area contributed by atoms with Crippen LogP contribution in [0, 0.1) is 0 Å². The third-order valence-corrected chi connectivity index (χ3v) is 4.54. The van der Waals surface area contributed by atoms with Crippen molar-refractivity contribution in [2.24, 2.45) is 0 Å². The molecule has 0 radical (unpaired) electrons. The highest BCUT2D eigenvalue weighted by atomic mass is 16.2. The van der Waals surface area contributed by atoms with E-state index in [2.05, 4.69) is 48.6 Å². The molecule has 6 heteroatoms.